The summed E-state index contributed by atoms with van der Waals surface area (Å²) < 4.78 is 55.2. The minimum Gasteiger partial charge on any atom is -0.207 e. The lowest BCUT2D eigenvalue weighted by atomic mass is 10.1. The van der Waals surface area contributed by atoms with E-state index in [0.29, 0.717) is 0 Å². The van der Waals surface area contributed by atoms with Gasteiger partial charge in [-0.25, -0.2) is 17.6 Å². The highest BCUT2D eigenvalue weighted by atomic mass is 28.3. The van der Waals surface area contributed by atoms with Gasteiger partial charge in [-0.3, -0.25) is 0 Å². The molecule has 0 bridgehead atoms. The third-order valence-electron chi connectivity index (χ3n) is 9.98. The van der Waals surface area contributed by atoms with Crippen LogP contribution in [0.3, 0.4) is 0 Å². The summed E-state index contributed by atoms with van der Waals surface area (Å²) in [4.78, 5) is 0. The van der Waals surface area contributed by atoms with E-state index in [0.717, 1.165) is 65.3 Å². The van der Waals surface area contributed by atoms with Gasteiger partial charge in [0, 0.05) is 0 Å². The van der Waals surface area contributed by atoms with Gasteiger partial charge in [-0.2, -0.15) is 0 Å². The molecular formula is C48H32F4Si. The van der Waals surface area contributed by atoms with Crippen LogP contribution in [0.4, 0.5) is 17.6 Å². The molecule has 0 aliphatic rings. The van der Waals surface area contributed by atoms with Gasteiger partial charge < -0.3 is 0 Å². The Hall–Kier alpha value is -6.30. The fourth-order valence-corrected chi connectivity index (χ4v) is 11.9. The fraction of sp³-hybridized carbons (Fsp3) is 0. The molecule has 0 spiro atoms. The predicted octanol–water partition coefficient (Wildman–Crippen LogP) is 10.3. The Labute approximate surface area is 307 Å². The summed E-state index contributed by atoms with van der Waals surface area (Å²) in [5.41, 5.74) is 7.57. The van der Waals surface area contributed by atoms with Crippen molar-refractivity contribution in [2.75, 3.05) is 0 Å². The van der Waals surface area contributed by atoms with Crippen LogP contribution < -0.4 is 20.7 Å². The zero-order chi connectivity index (χ0) is 36.4. The highest BCUT2D eigenvalue weighted by Crippen LogP contribution is 2.25. The lowest BCUT2D eigenvalue weighted by Crippen LogP contribution is -2.74. The standard InChI is InChI=1S/C48H32F4Si/c49-41-17-1-33(2-18-41)37-9-25-45(26-10-37)53(46-27-11-38(12-28-46)34-3-19-42(50)20-4-34,47-29-13-39(14-30-47)35-5-21-43(51)22-6-35)48-31-15-40(16-32-48)36-7-23-44(52)24-8-36/h1-32H. The first kappa shape index (κ1) is 33.8. The van der Waals surface area contributed by atoms with E-state index >= 15 is 0 Å². The number of benzene rings is 8. The van der Waals surface area contributed by atoms with Crippen LogP contribution in [0.1, 0.15) is 0 Å². The Kier molecular flexibility index (Phi) is 9.17. The van der Waals surface area contributed by atoms with Crippen LogP contribution in [0, 0.1) is 23.3 Å². The van der Waals surface area contributed by atoms with Gasteiger partial charge in [-0.05, 0) is 114 Å². The molecule has 0 radical (unpaired) electrons. The molecule has 0 heterocycles. The Bertz CT molecular complexity index is 2090. The molecule has 8 aromatic carbocycles. The van der Waals surface area contributed by atoms with Crippen molar-refractivity contribution in [1.82, 2.24) is 0 Å². The lowest BCUT2D eigenvalue weighted by molar-refractivity contribution is 0.627. The molecule has 8 aromatic rings. The zero-order valence-corrected chi connectivity index (χ0v) is 29.5. The highest BCUT2D eigenvalue weighted by Gasteiger charge is 2.41. The number of rotatable bonds is 8. The molecule has 0 unspecified atom stereocenters. The van der Waals surface area contributed by atoms with E-state index in [2.05, 4.69) is 97.1 Å². The normalized spacial score (nSPS) is 11.4. The average molecular weight is 713 g/mol. The molecule has 0 saturated heterocycles. The van der Waals surface area contributed by atoms with Crippen molar-refractivity contribution in [3.63, 3.8) is 0 Å². The summed E-state index contributed by atoms with van der Waals surface area (Å²) in [6, 6.07) is 60.2. The van der Waals surface area contributed by atoms with E-state index in [9.17, 15) is 17.6 Å². The Morgan fingerprint density at radius 2 is 0.321 bits per heavy atom. The van der Waals surface area contributed by atoms with Gasteiger partial charge >= 0.3 is 0 Å². The molecule has 0 aliphatic carbocycles. The first-order valence-corrected chi connectivity index (χ1v) is 19.3. The molecule has 0 fully saturated rings. The number of hydrogen-bond acceptors (Lipinski definition) is 0. The summed E-state index contributed by atoms with van der Waals surface area (Å²) in [5.74, 6) is -1.13. The van der Waals surface area contributed by atoms with Crippen LogP contribution in [0.25, 0.3) is 44.5 Å². The molecule has 0 saturated carbocycles. The van der Waals surface area contributed by atoms with Crippen molar-refractivity contribution in [2.24, 2.45) is 0 Å². The third kappa shape index (κ3) is 6.75. The highest BCUT2D eigenvalue weighted by molar-refractivity contribution is 7.19. The van der Waals surface area contributed by atoms with Crippen LogP contribution in [-0.4, -0.2) is 8.07 Å². The molecular weight excluding hydrogens is 681 g/mol. The van der Waals surface area contributed by atoms with Crippen molar-refractivity contribution in [3.8, 4) is 44.5 Å². The second kappa shape index (κ2) is 14.4. The van der Waals surface area contributed by atoms with E-state index in [1.807, 2.05) is 0 Å². The topological polar surface area (TPSA) is 0 Å². The minimum absolute atomic E-state index is 0.283. The summed E-state index contributed by atoms with van der Waals surface area (Å²) >= 11 is 0. The van der Waals surface area contributed by atoms with E-state index in [1.54, 1.807) is 48.5 Å². The molecule has 8 rings (SSSR count). The van der Waals surface area contributed by atoms with Crippen LogP contribution >= 0.6 is 0 Å². The van der Waals surface area contributed by atoms with Crippen molar-refractivity contribution in [2.45, 2.75) is 0 Å². The van der Waals surface area contributed by atoms with Crippen LogP contribution in [0.15, 0.2) is 194 Å². The summed E-state index contributed by atoms with van der Waals surface area (Å²) in [5, 5.41) is 4.56. The van der Waals surface area contributed by atoms with E-state index < -0.39 is 8.07 Å². The van der Waals surface area contributed by atoms with Gasteiger partial charge in [0.2, 0.25) is 0 Å². The van der Waals surface area contributed by atoms with Crippen LogP contribution in [0.5, 0.6) is 0 Å². The Morgan fingerprint density at radius 3 is 0.472 bits per heavy atom. The van der Waals surface area contributed by atoms with E-state index in [1.165, 1.54) is 48.5 Å². The van der Waals surface area contributed by atoms with Gasteiger partial charge in [-0.1, -0.05) is 146 Å². The summed E-state index contributed by atoms with van der Waals surface area (Å²) in [6.45, 7) is 0. The van der Waals surface area contributed by atoms with Crippen LogP contribution in [0.2, 0.25) is 0 Å². The monoisotopic (exact) mass is 712 g/mol. The predicted molar refractivity (Wildman–Crippen MR) is 212 cm³/mol. The average Bonchev–Trinajstić information content (AvgIpc) is 3.20. The van der Waals surface area contributed by atoms with Gasteiger partial charge in [0.05, 0.1) is 0 Å². The molecule has 0 nitrogen and oxygen atoms in total. The SMILES string of the molecule is Fc1ccc(-c2ccc([Si](c3ccc(-c4ccc(F)cc4)cc3)(c3ccc(-c4ccc(F)cc4)cc3)c3ccc(-c4ccc(F)cc4)cc3)cc2)cc1. The fourth-order valence-electron chi connectivity index (χ4n) is 7.22. The molecule has 0 atom stereocenters. The first-order chi connectivity index (χ1) is 25.9. The first-order valence-electron chi connectivity index (χ1n) is 17.3. The van der Waals surface area contributed by atoms with Crippen molar-refractivity contribution >= 4 is 28.8 Å². The molecule has 0 aromatic heterocycles. The largest absolute Gasteiger partial charge is 0.207 e. The maximum Gasteiger partial charge on any atom is 0.179 e. The van der Waals surface area contributed by atoms with Crippen LogP contribution in [-0.2, 0) is 0 Å². The second-order valence-corrected chi connectivity index (χ2v) is 16.9. The van der Waals surface area contributed by atoms with Crippen molar-refractivity contribution in [3.05, 3.63) is 217 Å². The summed E-state index contributed by atoms with van der Waals surface area (Å²) in [7, 11) is -3.07. The van der Waals surface area contributed by atoms with Gasteiger partial charge in [0.25, 0.3) is 0 Å². The maximum atomic E-state index is 13.8. The van der Waals surface area contributed by atoms with E-state index in [-0.39, 0.29) is 23.3 Å². The maximum absolute atomic E-state index is 13.8. The van der Waals surface area contributed by atoms with Crippen molar-refractivity contribution < 1.29 is 17.6 Å². The smallest absolute Gasteiger partial charge is 0.179 e. The molecule has 53 heavy (non-hydrogen) atoms. The summed E-state index contributed by atoms with van der Waals surface area (Å²) in [6.07, 6.45) is 0. The second-order valence-electron chi connectivity index (χ2n) is 13.1. The quantitative estimate of drug-likeness (QED) is 0.0836. The van der Waals surface area contributed by atoms with Gasteiger partial charge in [0.1, 0.15) is 23.3 Å². The zero-order valence-electron chi connectivity index (χ0n) is 28.5. The number of halogens is 4. The van der Waals surface area contributed by atoms with E-state index in [4.69, 9.17) is 0 Å². The molecule has 0 amide bonds. The molecule has 0 aliphatic heterocycles. The minimum atomic E-state index is -3.07. The molecule has 0 N–H and O–H groups in total. The molecule has 256 valence electrons. The Morgan fingerprint density at radius 1 is 0.189 bits per heavy atom. The molecule has 5 heteroatoms. The van der Waals surface area contributed by atoms with Gasteiger partial charge in [0.15, 0.2) is 8.07 Å². The lowest BCUT2D eigenvalue weighted by Gasteiger charge is -2.35. The van der Waals surface area contributed by atoms with Crippen molar-refractivity contribution in [1.29, 1.82) is 0 Å². The Balaban J connectivity index is 1.33. The van der Waals surface area contributed by atoms with Gasteiger partial charge in [-0.15, -0.1) is 0 Å². The third-order valence-corrected chi connectivity index (χ3v) is 14.8. The number of hydrogen-bond donors (Lipinski definition) is 0.